The van der Waals surface area contributed by atoms with Crippen molar-refractivity contribution in [2.24, 2.45) is 5.92 Å². The molecule has 0 aromatic heterocycles. The van der Waals surface area contributed by atoms with Gasteiger partial charge in [-0.15, -0.1) is 0 Å². The number of amides is 1. The third-order valence-electron chi connectivity index (χ3n) is 2.87. The van der Waals surface area contributed by atoms with Crippen LogP contribution >= 0.6 is 11.8 Å². The zero-order chi connectivity index (χ0) is 12.6. The summed E-state index contributed by atoms with van der Waals surface area (Å²) in [5.74, 6) is 1.43. The first-order valence-corrected chi connectivity index (χ1v) is 7.40. The van der Waals surface area contributed by atoms with Crippen LogP contribution in [0.1, 0.15) is 27.2 Å². The van der Waals surface area contributed by atoms with Gasteiger partial charge in [0.15, 0.2) is 0 Å². The Balaban J connectivity index is 4.04. The van der Waals surface area contributed by atoms with Crippen LogP contribution < -0.4 is 5.32 Å². The number of thioether (sulfide) groups is 1. The number of hydrogen-bond donors (Lipinski definition) is 1. The highest BCUT2D eigenvalue weighted by Gasteiger charge is 2.20. The molecular weight excluding hydrogens is 220 g/mol. The molecule has 0 aliphatic heterocycles. The first-order valence-electron chi connectivity index (χ1n) is 6.00. The van der Waals surface area contributed by atoms with Crippen LogP contribution in [-0.4, -0.2) is 49.0 Å². The van der Waals surface area contributed by atoms with Crippen LogP contribution in [0.3, 0.4) is 0 Å². The molecule has 0 fully saturated rings. The van der Waals surface area contributed by atoms with E-state index in [2.05, 4.69) is 25.4 Å². The van der Waals surface area contributed by atoms with E-state index in [1.807, 2.05) is 30.6 Å². The Kier molecular flexibility index (Phi) is 8.76. The van der Waals surface area contributed by atoms with E-state index in [0.717, 1.165) is 25.3 Å². The molecule has 96 valence electrons. The third kappa shape index (κ3) is 5.75. The van der Waals surface area contributed by atoms with Gasteiger partial charge in [0.2, 0.25) is 5.91 Å². The van der Waals surface area contributed by atoms with Gasteiger partial charge >= 0.3 is 0 Å². The van der Waals surface area contributed by atoms with Crippen LogP contribution in [0.2, 0.25) is 0 Å². The molecule has 0 aliphatic carbocycles. The lowest BCUT2D eigenvalue weighted by molar-refractivity contribution is -0.135. The van der Waals surface area contributed by atoms with Gasteiger partial charge in [-0.25, -0.2) is 0 Å². The summed E-state index contributed by atoms with van der Waals surface area (Å²) in [5.41, 5.74) is 0. The fraction of sp³-hybridized carbons (Fsp3) is 0.917. The molecule has 4 heteroatoms. The van der Waals surface area contributed by atoms with Crippen LogP contribution in [-0.2, 0) is 4.79 Å². The summed E-state index contributed by atoms with van der Waals surface area (Å²) in [7, 11) is 1.91. The van der Waals surface area contributed by atoms with Crippen molar-refractivity contribution < 1.29 is 4.79 Å². The van der Waals surface area contributed by atoms with E-state index in [1.54, 1.807) is 0 Å². The molecule has 0 radical (unpaired) electrons. The molecular formula is C12H26N2OS. The van der Waals surface area contributed by atoms with Gasteiger partial charge in [-0.3, -0.25) is 4.79 Å². The quantitative estimate of drug-likeness (QED) is 0.709. The highest BCUT2D eigenvalue weighted by Crippen LogP contribution is 2.09. The zero-order valence-electron chi connectivity index (χ0n) is 11.2. The maximum atomic E-state index is 12.0. The predicted octanol–water partition coefficient (Wildman–Crippen LogP) is 1.83. The molecule has 0 rings (SSSR count). The minimum atomic E-state index is 0.0710. The summed E-state index contributed by atoms with van der Waals surface area (Å²) in [6, 6.07) is 0.337. The fourth-order valence-electron chi connectivity index (χ4n) is 1.50. The Morgan fingerprint density at radius 1 is 1.44 bits per heavy atom. The summed E-state index contributed by atoms with van der Waals surface area (Å²) < 4.78 is 0. The van der Waals surface area contributed by atoms with Gasteiger partial charge in [0.25, 0.3) is 0 Å². The van der Waals surface area contributed by atoms with Crippen molar-refractivity contribution in [1.82, 2.24) is 10.2 Å². The van der Waals surface area contributed by atoms with E-state index in [0.29, 0.717) is 6.04 Å². The first kappa shape index (κ1) is 15.8. The number of rotatable bonds is 8. The molecule has 2 unspecified atom stereocenters. The molecule has 0 bridgehead atoms. The molecule has 0 aliphatic rings. The number of nitrogens with zero attached hydrogens (tertiary/aromatic N) is 1. The van der Waals surface area contributed by atoms with Gasteiger partial charge in [-0.05, 0) is 31.9 Å². The van der Waals surface area contributed by atoms with Crippen LogP contribution in [0, 0.1) is 5.92 Å². The minimum Gasteiger partial charge on any atom is -0.343 e. The molecule has 16 heavy (non-hydrogen) atoms. The topological polar surface area (TPSA) is 32.3 Å². The van der Waals surface area contributed by atoms with E-state index in [9.17, 15) is 4.79 Å². The number of carbonyl (C=O) groups excluding carboxylic acids is 1. The second kappa shape index (κ2) is 8.88. The second-order valence-electron chi connectivity index (χ2n) is 4.29. The van der Waals surface area contributed by atoms with Crippen LogP contribution in [0.4, 0.5) is 0 Å². The average Bonchev–Trinajstić information content (AvgIpc) is 2.30. The SMILES string of the molecule is CCNCC(C)C(=O)N(C)C(C)CCSC. The number of hydrogen-bond acceptors (Lipinski definition) is 3. The lowest BCUT2D eigenvalue weighted by Crippen LogP contribution is -2.41. The number of carbonyl (C=O) groups is 1. The van der Waals surface area contributed by atoms with E-state index in [-0.39, 0.29) is 11.8 Å². The monoisotopic (exact) mass is 246 g/mol. The molecule has 1 amide bonds. The Labute approximate surface area is 104 Å². The van der Waals surface area contributed by atoms with Crippen molar-refractivity contribution in [3.63, 3.8) is 0 Å². The highest BCUT2D eigenvalue weighted by molar-refractivity contribution is 7.98. The van der Waals surface area contributed by atoms with Gasteiger partial charge in [-0.2, -0.15) is 11.8 Å². The molecule has 0 spiro atoms. The highest BCUT2D eigenvalue weighted by atomic mass is 32.2. The van der Waals surface area contributed by atoms with Crippen molar-refractivity contribution in [3.05, 3.63) is 0 Å². The first-order chi connectivity index (χ1) is 7.54. The van der Waals surface area contributed by atoms with Gasteiger partial charge < -0.3 is 10.2 Å². The van der Waals surface area contributed by atoms with Gasteiger partial charge in [0.05, 0.1) is 0 Å². The lowest BCUT2D eigenvalue weighted by Gasteiger charge is -2.27. The molecule has 0 heterocycles. The van der Waals surface area contributed by atoms with Crippen molar-refractivity contribution in [2.75, 3.05) is 32.1 Å². The Bertz CT molecular complexity index is 199. The van der Waals surface area contributed by atoms with Gasteiger partial charge in [0, 0.05) is 25.6 Å². The van der Waals surface area contributed by atoms with Crippen molar-refractivity contribution in [3.8, 4) is 0 Å². The van der Waals surface area contributed by atoms with Gasteiger partial charge in [-0.1, -0.05) is 13.8 Å². The minimum absolute atomic E-state index is 0.0710. The van der Waals surface area contributed by atoms with Crippen molar-refractivity contribution >= 4 is 17.7 Å². The van der Waals surface area contributed by atoms with E-state index >= 15 is 0 Å². The normalized spacial score (nSPS) is 14.6. The van der Waals surface area contributed by atoms with E-state index < -0.39 is 0 Å². The fourth-order valence-corrected chi connectivity index (χ4v) is 2.07. The molecule has 3 nitrogen and oxygen atoms in total. The molecule has 2 atom stereocenters. The van der Waals surface area contributed by atoms with Crippen molar-refractivity contribution in [1.29, 1.82) is 0 Å². The van der Waals surface area contributed by atoms with Crippen LogP contribution in [0.15, 0.2) is 0 Å². The summed E-state index contributed by atoms with van der Waals surface area (Å²) in [5, 5.41) is 3.21. The van der Waals surface area contributed by atoms with Gasteiger partial charge in [0.1, 0.15) is 0 Å². The summed E-state index contributed by atoms with van der Waals surface area (Å²) in [6.07, 6.45) is 3.17. The maximum absolute atomic E-state index is 12.0. The Morgan fingerprint density at radius 3 is 2.56 bits per heavy atom. The summed E-state index contributed by atoms with van der Waals surface area (Å²) >= 11 is 1.83. The largest absolute Gasteiger partial charge is 0.343 e. The molecule has 0 aromatic carbocycles. The molecule has 0 saturated carbocycles. The lowest BCUT2D eigenvalue weighted by atomic mass is 10.1. The summed E-state index contributed by atoms with van der Waals surface area (Å²) in [4.78, 5) is 13.9. The standard InChI is InChI=1S/C12H26N2OS/c1-6-13-9-10(2)12(15)14(4)11(3)7-8-16-5/h10-11,13H,6-9H2,1-5H3. The predicted molar refractivity (Wildman–Crippen MR) is 72.9 cm³/mol. The zero-order valence-corrected chi connectivity index (χ0v) is 12.1. The smallest absolute Gasteiger partial charge is 0.226 e. The van der Waals surface area contributed by atoms with Crippen LogP contribution in [0.5, 0.6) is 0 Å². The summed E-state index contributed by atoms with van der Waals surface area (Å²) in [6.45, 7) is 7.86. The maximum Gasteiger partial charge on any atom is 0.226 e. The number of nitrogens with one attached hydrogen (secondary N) is 1. The molecule has 0 saturated heterocycles. The van der Waals surface area contributed by atoms with E-state index in [1.165, 1.54) is 0 Å². The Hall–Kier alpha value is -0.220. The van der Waals surface area contributed by atoms with E-state index in [4.69, 9.17) is 0 Å². The van der Waals surface area contributed by atoms with Crippen LogP contribution in [0.25, 0.3) is 0 Å². The third-order valence-corrected chi connectivity index (χ3v) is 3.51. The average molecular weight is 246 g/mol. The molecule has 1 N–H and O–H groups in total. The Morgan fingerprint density at radius 2 is 2.06 bits per heavy atom. The van der Waals surface area contributed by atoms with Crippen molar-refractivity contribution in [2.45, 2.75) is 33.2 Å². The molecule has 0 aromatic rings. The second-order valence-corrected chi connectivity index (χ2v) is 5.27.